The summed E-state index contributed by atoms with van der Waals surface area (Å²) in [6, 6.07) is 2.52. The molecule has 14 heteroatoms. The Labute approximate surface area is 170 Å². The summed E-state index contributed by atoms with van der Waals surface area (Å²) in [7, 11) is 1.95. The van der Waals surface area contributed by atoms with E-state index in [0.29, 0.717) is 6.08 Å². The fraction of sp³-hybridized carbons (Fsp3) is 0.412. The first kappa shape index (κ1) is 25.8. The zero-order valence-corrected chi connectivity index (χ0v) is 15.9. The van der Waals surface area contributed by atoms with Crippen LogP contribution in [0.1, 0.15) is 0 Å². The van der Waals surface area contributed by atoms with Gasteiger partial charge in [0.2, 0.25) is 0 Å². The second-order valence-corrected chi connectivity index (χ2v) is 5.65. The monoisotopic (exact) mass is 463 g/mol. The Bertz CT molecular complexity index is 811. The van der Waals surface area contributed by atoms with E-state index in [4.69, 9.17) is 0 Å². The second-order valence-electron chi connectivity index (χ2n) is 5.65. The number of alkyl halides is 7. The van der Waals surface area contributed by atoms with Crippen molar-refractivity contribution in [2.75, 3.05) is 32.8 Å². The zero-order chi connectivity index (χ0) is 23.8. The summed E-state index contributed by atoms with van der Waals surface area (Å²) in [5, 5.41) is 2.30. The third kappa shape index (κ3) is 9.00. The van der Waals surface area contributed by atoms with Gasteiger partial charge in [0.25, 0.3) is 0 Å². The number of halogens is 7. The van der Waals surface area contributed by atoms with E-state index < -0.39 is 60.9 Å². The lowest BCUT2D eigenvalue weighted by atomic mass is 10.2. The van der Waals surface area contributed by atoms with Crippen LogP contribution >= 0.6 is 0 Å². The van der Waals surface area contributed by atoms with Gasteiger partial charge < -0.3 is 24.3 Å². The summed E-state index contributed by atoms with van der Waals surface area (Å²) in [6.45, 7) is -3.57. The molecule has 0 unspecified atom stereocenters. The maximum Gasteiger partial charge on any atom is 0.422 e. The van der Waals surface area contributed by atoms with Crippen molar-refractivity contribution >= 4 is 17.6 Å². The van der Waals surface area contributed by atoms with Crippen LogP contribution in [0.15, 0.2) is 30.0 Å². The van der Waals surface area contributed by atoms with Gasteiger partial charge in [-0.2, -0.15) is 22.0 Å². The number of anilines is 1. The van der Waals surface area contributed by atoms with E-state index in [1.807, 2.05) is 0 Å². The van der Waals surface area contributed by atoms with Gasteiger partial charge in [0, 0.05) is 23.9 Å². The molecule has 1 N–H and O–H groups in total. The highest BCUT2D eigenvalue weighted by Gasteiger charge is 2.41. The molecule has 7 nitrogen and oxygen atoms in total. The second kappa shape index (κ2) is 10.7. The summed E-state index contributed by atoms with van der Waals surface area (Å²) < 4.78 is 106. The highest BCUT2D eigenvalue weighted by Crippen LogP contribution is 2.31. The van der Waals surface area contributed by atoms with Crippen LogP contribution < -0.4 is 14.8 Å². The summed E-state index contributed by atoms with van der Waals surface area (Å²) in [6.07, 6.45) is -8.17. The van der Waals surface area contributed by atoms with Gasteiger partial charge in [0.15, 0.2) is 13.2 Å². The van der Waals surface area contributed by atoms with Crippen molar-refractivity contribution in [1.82, 2.24) is 0 Å². The van der Waals surface area contributed by atoms with Gasteiger partial charge in [0.05, 0.1) is 20.3 Å². The summed E-state index contributed by atoms with van der Waals surface area (Å²) in [5.41, 5.74) is -0.832. The van der Waals surface area contributed by atoms with E-state index in [-0.39, 0.29) is 5.69 Å². The number of hydrogen-bond donors (Lipinski definition) is 1. The first-order valence-corrected chi connectivity index (χ1v) is 8.06. The Kier molecular flexibility index (Phi) is 8.94. The normalized spacial score (nSPS) is 12.4. The zero-order valence-electron chi connectivity index (χ0n) is 15.9. The van der Waals surface area contributed by atoms with Crippen molar-refractivity contribution in [3.8, 4) is 11.5 Å². The molecular formula is C17H16F7NO6. The lowest BCUT2D eigenvalue weighted by Gasteiger charge is -2.18. The number of nitrogens with one attached hydrogen (secondary N) is 1. The SMILES string of the molecule is COC(=O)/C=C(/Nc1cc(OCC(F)(F)F)cc(OCC(F)(F)C(F)F)c1)C(=O)OC. The molecule has 0 fully saturated rings. The topological polar surface area (TPSA) is 83.1 Å². The number of carbonyl (C=O) groups is 2. The summed E-state index contributed by atoms with van der Waals surface area (Å²) in [5.74, 6) is -7.81. The Balaban J connectivity index is 3.25. The molecule has 0 aliphatic heterocycles. The summed E-state index contributed by atoms with van der Waals surface area (Å²) >= 11 is 0. The molecule has 1 aromatic rings. The largest absolute Gasteiger partial charge is 0.487 e. The average Bonchev–Trinajstić information content (AvgIpc) is 2.68. The van der Waals surface area contributed by atoms with E-state index in [1.54, 1.807) is 0 Å². The fourth-order valence-corrected chi connectivity index (χ4v) is 1.81. The van der Waals surface area contributed by atoms with E-state index in [2.05, 4.69) is 24.3 Å². The van der Waals surface area contributed by atoms with Gasteiger partial charge in [-0.25, -0.2) is 18.4 Å². The van der Waals surface area contributed by atoms with Crippen molar-refractivity contribution in [3.05, 3.63) is 30.0 Å². The number of rotatable bonds is 10. The molecule has 1 rings (SSSR count). The Morgan fingerprint density at radius 1 is 0.968 bits per heavy atom. The minimum atomic E-state index is -4.75. The number of hydrogen-bond acceptors (Lipinski definition) is 7. The molecule has 174 valence electrons. The van der Waals surface area contributed by atoms with Crippen LogP contribution in [0, 0.1) is 0 Å². The maximum atomic E-state index is 13.1. The number of methoxy groups -OCH3 is 2. The highest BCUT2D eigenvalue weighted by atomic mass is 19.4. The standard InChI is InChI=1S/C17H16F7NO6/c1-28-13(26)6-12(14(27)29-2)25-9-3-10(30-7-16(20,21)15(18)19)5-11(4-9)31-8-17(22,23)24/h3-6,15,25H,7-8H2,1-2H3/b12-6+. The van der Waals surface area contributed by atoms with E-state index in [9.17, 15) is 40.3 Å². The molecule has 0 spiro atoms. The van der Waals surface area contributed by atoms with Crippen LogP contribution in [-0.2, 0) is 19.1 Å². The van der Waals surface area contributed by atoms with E-state index in [0.717, 1.165) is 32.4 Å². The minimum absolute atomic E-state index is 0.282. The summed E-state index contributed by atoms with van der Waals surface area (Å²) in [4.78, 5) is 23.2. The van der Waals surface area contributed by atoms with Crippen molar-refractivity contribution in [3.63, 3.8) is 0 Å². The molecule has 0 radical (unpaired) electrons. The Morgan fingerprint density at radius 3 is 1.97 bits per heavy atom. The third-order valence-electron chi connectivity index (χ3n) is 3.18. The molecule has 0 saturated carbocycles. The third-order valence-corrected chi connectivity index (χ3v) is 3.18. The number of benzene rings is 1. The molecule has 0 atom stereocenters. The van der Waals surface area contributed by atoms with Crippen LogP contribution in [0.25, 0.3) is 0 Å². The van der Waals surface area contributed by atoms with Crippen molar-refractivity contribution in [1.29, 1.82) is 0 Å². The van der Waals surface area contributed by atoms with Gasteiger partial charge in [-0.1, -0.05) is 0 Å². The Hall–Kier alpha value is -3.19. The number of carbonyl (C=O) groups excluding carboxylic acids is 2. The molecule has 0 heterocycles. The van der Waals surface area contributed by atoms with Crippen LogP contribution in [0.3, 0.4) is 0 Å². The average molecular weight is 463 g/mol. The molecule has 0 aliphatic rings. The first-order valence-electron chi connectivity index (χ1n) is 8.06. The van der Waals surface area contributed by atoms with Crippen LogP contribution in [0.5, 0.6) is 11.5 Å². The molecule has 0 bridgehead atoms. The van der Waals surface area contributed by atoms with E-state index >= 15 is 0 Å². The van der Waals surface area contributed by atoms with Gasteiger partial charge >= 0.3 is 30.5 Å². The van der Waals surface area contributed by atoms with Crippen molar-refractivity contribution < 1.29 is 59.3 Å². The predicted octanol–water partition coefficient (Wildman–Crippen LogP) is 3.55. The molecule has 0 aliphatic carbocycles. The number of esters is 2. The van der Waals surface area contributed by atoms with Crippen molar-refractivity contribution in [2.24, 2.45) is 0 Å². The molecular weight excluding hydrogens is 447 g/mol. The van der Waals surface area contributed by atoms with Gasteiger partial charge in [0.1, 0.15) is 17.2 Å². The molecule has 0 aromatic heterocycles. The molecule has 31 heavy (non-hydrogen) atoms. The Morgan fingerprint density at radius 2 is 1.52 bits per heavy atom. The van der Waals surface area contributed by atoms with Gasteiger partial charge in [-0.15, -0.1) is 0 Å². The predicted molar refractivity (Wildman–Crippen MR) is 90.2 cm³/mol. The highest BCUT2D eigenvalue weighted by molar-refractivity contribution is 5.98. The smallest absolute Gasteiger partial charge is 0.422 e. The quantitative estimate of drug-likeness (QED) is 0.323. The van der Waals surface area contributed by atoms with Crippen LogP contribution in [0.2, 0.25) is 0 Å². The first-order chi connectivity index (χ1) is 14.3. The lowest BCUT2D eigenvalue weighted by molar-refractivity contribution is -0.153. The molecule has 1 aromatic carbocycles. The van der Waals surface area contributed by atoms with Crippen molar-refractivity contribution in [2.45, 2.75) is 18.5 Å². The maximum absolute atomic E-state index is 13.1. The fourth-order valence-electron chi connectivity index (χ4n) is 1.81. The minimum Gasteiger partial charge on any atom is -0.487 e. The van der Waals surface area contributed by atoms with Gasteiger partial charge in [-0.05, 0) is 0 Å². The molecule has 0 saturated heterocycles. The number of ether oxygens (including phenoxy) is 4. The van der Waals surface area contributed by atoms with Crippen LogP contribution in [-0.4, -0.2) is 57.9 Å². The van der Waals surface area contributed by atoms with E-state index in [1.165, 1.54) is 0 Å². The molecule has 0 amide bonds. The van der Waals surface area contributed by atoms with Gasteiger partial charge in [-0.3, -0.25) is 0 Å². The van der Waals surface area contributed by atoms with Crippen LogP contribution in [0.4, 0.5) is 36.4 Å². The lowest BCUT2D eigenvalue weighted by Crippen LogP contribution is -2.33.